The van der Waals surface area contributed by atoms with Crippen LogP contribution in [0.5, 0.6) is 0 Å². The second-order valence-corrected chi connectivity index (χ2v) is 6.43. The molecule has 0 radical (unpaired) electrons. The molecule has 0 fully saturated rings. The third-order valence-corrected chi connectivity index (χ3v) is 4.24. The second-order valence-electron chi connectivity index (χ2n) is 5.99. The van der Waals surface area contributed by atoms with Gasteiger partial charge in [0.15, 0.2) is 0 Å². The minimum Gasteiger partial charge on any atom is -0.244 e. The van der Waals surface area contributed by atoms with Crippen LogP contribution in [0.15, 0.2) is 90.0 Å². The third-order valence-electron chi connectivity index (χ3n) is 4.01. The van der Waals surface area contributed by atoms with Crippen molar-refractivity contribution in [1.82, 2.24) is 15.2 Å². The average Bonchev–Trinajstić information content (AvgIpc) is 2.75. The predicted octanol–water partition coefficient (Wildman–Crippen LogP) is 5.31. The molecule has 0 saturated heterocycles. The molecule has 0 atom stereocenters. The van der Waals surface area contributed by atoms with Crippen molar-refractivity contribution in [3.63, 3.8) is 0 Å². The summed E-state index contributed by atoms with van der Waals surface area (Å²) in [4.78, 5) is 4.64. The van der Waals surface area contributed by atoms with Gasteiger partial charge in [-0.1, -0.05) is 84.4 Å². The Labute approximate surface area is 167 Å². The summed E-state index contributed by atoms with van der Waals surface area (Å²) in [6.45, 7) is 0. The lowest BCUT2D eigenvalue weighted by Gasteiger charge is -2.09. The molecular formula is C22H16ClN5. The number of hydrogen-bond donors (Lipinski definition) is 1. The van der Waals surface area contributed by atoms with E-state index >= 15 is 0 Å². The lowest BCUT2D eigenvalue weighted by atomic mass is 10.0. The van der Waals surface area contributed by atoms with Crippen molar-refractivity contribution in [2.45, 2.75) is 0 Å². The van der Waals surface area contributed by atoms with E-state index in [-0.39, 0.29) is 0 Å². The highest BCUT2D eigenvalue weighted by molar-refractivity contribution is 6.30. The smallest absolute Gasteiger partial charge is 0.244 e. The van der Waals surface area contributed by atoms with Gasteiger partial charge in [-0.15, -0.1) is 10.2 Å². The van der Waals surface area contributed by atoms with E-state index in [2.05, 4.69) is 25.7 Å². The van der Waals surface area contributed by atoms with Crippen LogP contribution in [0.2, 0.25) is 5.02 Å². The summed E-state index contributed by atoms with van der Waals surface area (Å²) in [7, 11) is 0. The highest BCUT2D eigenvalue weighted by Gasteiger charge is 2.13. The number of anilines is 1. The first-order chi connectivity index (χ1) is 13.8. The molecule has 1 aromatic heterocycles. The number of hydrogen-bond acceptors (Lipinski definition) is 5. The minimum atomic E-state index is 0.316. The monoisotopic (exact) mass is 385 g/mol. The van der Waals surface area contributed by atoms with Gasteiger partial charge in [-0.2, -0.15) is 5.10 Å². The van der Waals surface area contributed by atoms with Gasteiger partial charge in [0.2, 0.25) is 0 Å². The number of nitrogens with one attached hydrogen (secondary N) is 1. The molecule has 4 aromatic rings. The zero-order valence-electron chi connectivity index (χ0n) is 14.8. The third kappa shape index (κ3) is 4.22. The Morgan fingerprint density at radius 2 is 1.43 bits per heavy atom. The minimum absolute atomic E-state index is 0.316. The fourth-order valence-electron chi connectivity index (χ4n) is 2.71. The molecule has 0 aliphatic heterocycles. The van der Waals surface area contributed by atoms with Crippen molar-refractivity contribution in [1.29, 1.82) is 0 Å². The van der Waals surface area contributed by atoms with Gasteiger partial charge >= 0.3 is 0 Å². The molecule has 1 N–H and O–H groups in total. The van der Waals surface area contributed by atoms with Crippen LogP contribution >= 0.6 is 11.6 Å². The van der Waals surface area contributed by atoms with Crippen LogP contribution in [0.25, 0.3) is 22.5 Å². The lowest BCUT2D eigenvalue weighted by Crippen LogP contribution is -2.03. The summed E-state index contributed by atoms with van der Waals surface area (Å²) in [5.41, 5.74) is 7.08. The fraction of sp³-hybridized carbons (Fsp3) is 0. The first-order valence-electron chi connectivity index (χ1n) is 8.70. The van der Waals surface area contributed by atoms with Gasteiger partial charge in [-0.25, -0.2) is 10.4 Å². The molecule has 0 aliphatic rings. The Morgan fingerprint density at radius 3 is 2.11 bits per heavy atom. The van der Waals surface area contributed by atoms with E-state index in [0.29, 0.717) is 11.0 Å². The molecule has 3 aromatic carbocycles. The Hall–Kier alpha value is -3.57. The summed E-state index contributed by atoms with van der Waals surface area (Å²) >= 11 is 5.99. The molecule has 0 bridgehead atoms. The second kappa shape index (κ2) is 8.41. The summed E-state index contributed by atoms with van der Waals surface area (Å²) in [5.74, 6) is 0.316. The van der Waals surface area contributed by atoms with Crippen LogP contribution in [-0.4, -0.2) is 21.4 Å². The molecule has 4 rings (SSSR count). The van der Waals surface area contributed by atoms with Crippen molar-refractivity contribution in [3.05, 3.63) is 95.5 Å². The van der Waals surface area contributed by atoms with Crippen LogP contribution < -0.4 is 5.43 Å². The van der Waals surface area contributed by atoms with Crippen LogP contribution in [0.4, 0.5) is 5.95 Å². The molecule has 0 unspecified atom stereocenters. The molecular weight excluding hydrogens is 370 g/mol. The van der Waals surface area contributed by atoms with Crippen molar-refractivity contribution in [2.75, 3.05) is 5.43 Å². The summed E-state index contributed by atoms with van der Waals surface area (Å²) in [6.07, 6.45) is 1.66. The lowest BCUT2D eigenvalue weighted by molar-refractivity contribution is 0.973. The van der Waals surface area contributed by atoms with Crippen LogP contribution in [0.1, 0.15) is 5.56 Å². The predicted molar refractivity (Wildman–Crippen MR) is 113 cm³/mol. The van der Waals surface area contributed by atoms with Crippen molar-refractivity contribution < 1.29 is 0 Å². The molecule has 136 valence electrons. The van der Waals surface area contributed by atoms with Gasteiger partial charge in [0.1, 0.15) is 11.4 Å². The number of rotatable bonds is 5. The Morgan fingerprint density at radius 1 is 0.750 bits per heavy atom. The first-order valence-corrected chi connectivity index (χ1v) is 9.07. The maximum atomic E-state index is 5.99. The number of benzene rings is 3. The van der Waals surface area contributed by atoms with E-state index in [1.165, 1.54) is 0 Å². The van der Waals surface area contributed by atoms with Gasteiger partial charge in [-0.3, -0.25) is 0 Å². The maximum absolute atomic E-state index is 5.99. The Bertz CT molecular complexity index is 1100. The van der Waals surface area contributed by atoms with Crippen molar-refractivity contribution in [2.24, 2.45) is 5.10 Å². The van der Waals surface area contributed by atoms with E-state index < -0.39 is 0 Å². The van der Waals surface area contributed by atoms with E-state index in [1.807, 2.05) is 84.9 Å². The van der Waals surface area contributed by atoms with Crippen LogP contribution in [0, 0.1) is 0 Å². The largest absolute Gasteiger partial charge is 0.263 e. The molecule has 0 amide bonds. The number of halogens is 1. The molecule has 6 heteroatoms. The maximum Gasteiger partial charge on any atom is 0.263 e. The van der Waals surface area contributed by atoms with Gasteiger partial charge in [0.25, 0.3) is 5.95 Å². The normalized spacial score (nSPS) is 10.9. The van der Waals surface area contributed by atoms with Crippen LogP contribution in [-0.2, 0) is 0 Å². The molecule has 5 nitrogen and oxygen atoms in total. The van der Waals surface area contributed by atoms with Gasteiger partial charge in [0.05, 0.1) is 6.21 Å². The Kier molecular flexibility index (Phi) is 5.36. The number of nitrogens with zero attached hydrogens (tertiary/aromatic N) is 4. The zero-order valence-corrected chi connectivity index (χ0v) is 15.6. The van der Waals surface area contributed by atoms with Crippen molar-refractivity contribution in [3.8, 4) is 22.5 Å². The molecule has 0 spiro atoms. The summed E-state index contributed by atoms with van der Waals surface area (Å²) < 4.78 is 0. The van der Waals surface area contributed by atoms with E-state index in [4.69, 9.17) is 11.6 Å². The van der Waals surface area contributed by atoms with Crippen molar-refractivity contribution >= 4 is 23.8 Å². The van der Waals surface area contributed by atoms with Crippen LogP contribution in [0.3, 0.4) is 0 Å². The van der Waals surface area contributed by atoms with Gasteiger partial charge in [-0.05, 0) is 17.7 Å². The quantitative estimate of drug-likeness (QED) is 0.373. The van der Waals surface area contributed by atoms with Gasteiger partial charge in [0, 0.05) is 16.1 Å². The average molecular weight is 386 g/mol. The van der Waals surface area contributed by atoms with E-state index in [9.17, 15) is 0 Å². The summed E-state index contributed by atoms with van der Waals surface area (Å²) in [5, 5.41) is 13.4. The summed E-state index contributed by atoms with van der Waals surface area (Å²) in [6, 6.07) is 27.2. The fourth-order valence-corrected chi connectivity index (χ4v) is 2.91. The molecule has 28 heavy (non-hydrogen) atoms. The highest BCUT2D eigenvalue weighted by atomic mass is 35.5. The highest BCUT2D eigenvalue weighted by Crippen LogP contribution is 2.28. The first kappa shape index (κ1) is 17.8. The van der Waals surface area contributed by atoms with E-state index in [1.54, 1.807) is 6.21 Å². The zero-order chi connectivity index (χ0) is 19.2. The molecule has 0 saturated carbocycles. The number of aromatic nitrogens is 3. The topological polar surface area (TPSA) is 63.1 Å². The molecule has 1 heterocycles. The standard InChI is InChI=1S/C22H16ClN5/c23-19-13-7-8-16(14-19)15-24-27-22-25-20(17-9-3-1-4-10-17)21(26-28-22)18-11-5-2-6-12-18/h1-15H,(H,25,27,28). The SMILES string of the molecule is Clc1cccc(C=NNc2nnc(-c3ccccc3)c(-c3ccccc3)n2)c1. The molecule has 0 aliphatic carbocycles. The Balaban J connectivity index is 1.66. The van der Waals surface area contributed by atoms with E-state index in [0.717, 1.165) is 28.1 Å². The van der Waals surface area contributed by atoms with Gasteiger partial charge < -0.3 is 0 Å². The number of hydrazone groups is 1.